The summed E-state index contributed by atoms with van der Waals surface area (Å²) in [7, 11) is 0. The van der Waals surface area contributed by atoms with E-state index in [1.807, 2.05) is 0 Å². The van der Waals surface area contributed by atoms with Gasteiger partial charge in [0, 0.05) is 18.5 Å². The fraction of sp³-hybridized carbons (Fsp3) is 0.944. The quantitative estimate of drug-likeness (QED) is 0.863. The number of nitrogens with zero attached hydrogens (tertiary/aromatic N) is 1. The van der Waals surface area contributed by atoms with Crippen LogP contribution in [0.4, 0.5) is 0 Å². The molecule has 4 saturated carbocycles. The third-order valence-corrected chi connectivity index (χ3v) is 6.55. The molecular weight excluding hydrogens is 260 g/mol. The van der Waals surface area contributed by atoms with Crippen molar-refractivity contribution in [1.29, 1.82) is 0 Å². The summed E-state index contributed by atoms with van der Waals surface area (Å²) in [6.07, 6.45) is 12.9. The van der Waals surface area contributed by atoms with E-state index < -0.39 is 0 Å². The van der Waals surface area contributed by atoms with Gasteiger partial charge in [-0.2, -0.15) is 0 Å². The molecule has 1 N–H and O–H groups in total. The van der Waals surface area contributed by atoms with Crippen LogP contribution >= 0.6 is 0 Å². The SMILES string of the molecule is O=C(CCN1CCCCC1)NC12CC3CC(CC(C3)C1)C2. The first kappa shape index (κ1) is 14.0. The molecular formula is C18H30N2O. The average Bonchev–Trinajstić information content (AvgIpc) is 2.44. The molecule has 1 saturated heterocycles. The molecule has 4 aliphatic carbocycles. The molecule has 0 radical (unpaired) electrons. The van der Waals surface area contributed by atoms with Gasteiger partial charge in [0.2, 0.25) is 5.91 Å². The van der Waals surface area contributed by atoms with Crippen molar-refractivity contribution >= 4 is 5.91 Å². The van der Waals surface area contributed by atoms with Gasteiger partial charge in [-0.1, -0.05) is 6.42 Å². The van der Waals surface area contributed by atoms with Crippen LogP contribution in [0.1, 0.15) is 64.2 Å². The number of amides is 1. The summed E-state index contributed by atoms with van der Waals surface area (Å²) in [5.41, 5.74) is 0.202. The Bertz CT molecular complexity index is 365. The van der Waals surface area contributed by atoms with Gasteiger partial charge >= 0.3 is 0 Å². The molecule has 0 aromatic rings. The molecule has 5 fully saturated rings. The van der Waals surface area contributed by atoms with Crippen LogP contribution in [-0.4, -0.2) is 36.0 Å². The van der Waals surface area contributed by atoms with E-state index in [0.29, 0.717) is 12.3 Å². The van der Waals surface area contributed by atoms with Crippen molar-refractivity contribution < 1.29 is 4.79 Å². The first-order valence-electron chi connectivity index (χ1n) is 9.24. The lowest BCUT2D eigenvalue weighted by molar-refractivity contribution is -0.127. The maximum absolute atomic E-state index is 12.4. The number of hydrogen-bond acceptors (Lipinski definition) is 2. The van der Waals surface area contributed by atoms with Crippen LogP contribution in [0.25, 0.3) is 0 Å². The largest absolute Gasteiger partial charge is 0.351 e. The molecule has 0 aromatic carbocycles. The number of hydrogen-bond donors (Lipinski definition) is 1. The summed E-state index contributed by atoms with van der Waals surface area (Å²) in [6, 6.07) is 0. The summed E-state index contributed by atoms with van der Waals surface area (Å²) >= 11 is 0. The number of rotatable bonds is 4. The minimum Gasteiger partial charge on any atom is -0.351 e. The van der Waals surface area contributed by atoms with Crippen molar-refractivity contribution in [1.82, 2.24) is 10.2 Å². The van der Waals surface area contributed by atoms with Crippen LogP contribution in [-0.2, 0) is 4.79 Å². The zero-order chi connectivity index (χ0) is 14.3. The Labute approximate surface area is 128 Å². The first-order valence-corrected chi connectivity index (χ1v) is 9.24. The van der Waals surface area contributed by atoms with Crippen LogP contribution < -0.4 is 5.32 Å². The fourth-order valence-electron chi connectivity index (χ4n) is 6.06. The van der Waals surface area contributed by atoms with Gasteiger partial charge in [-0.15, -0.1) is 0 Å². The summed E-state index contributed by atoms with van der Waals surface area (Å²) in [5.74, 6) is 3.07. The van der Waals surface area contributed by atoms with Gasteiger partial charge in [-0.05, 0) is 82.2 Å². The first-order chi connectivity index (χ1) is 10.2. The highest BCUT2D eigenvalue weighted by molar-refractivity contribution is 5.77. The Hall–Kier alpha value is -0.570. The van der Waals surface area contributed by atoms with Crippen LogP contribution in [0.2, 0.25) is 0 Å². The molecule has 118 valence electrons. The van der Waals surface area contributed by atoms with Crippen molar-refractivity contribution in [3.8, 4) is 0 Å². The minimum atomic E-state index is 0.202. The maximum atomic E-state index is 12.4. The zero-order valence-electron chi connectivity index (χ0n) is 13.3. The van der Waals surface area contributed by atoms with Gasteiger partial charge in [0.1, 0.15) is 0 Å². The predicted octanol–water partition coefficient (Wildman–Crippen LogP) is 2.95. The van der Waals surface area contributed by atoms with E-state index in [-0.39, 0.29) is 5.54 Å². The Kier molecular flexibility index (Phi) is 3.72. The Morgan fingerprint density at radius 2 is 1.52 bits per heavy atom. The second-order valence-corrected chi connectivity index (χ2v) is 8.40. The highest BCUT2D eigenvalue weighted by Crippen LogP contribution is 2.55. The molecule has 0 spiro atoms. The third-order valence-electron chi connectivity index (χ3n) is 6.55. The number of carbonyl (C=O) groups is 1. The molecule has 4 bridgehead atoms. The Morgan fingerprint density at radius 3 is 2.10 bits per heavy atom. The van der Waals surface area contributed by atoms with E-state index >= 15 is 0 Å². The highest BCUT2D eigenvalue weighted by Gasteiger charge is 2.51. The number of piperidine rings is 1. The summed E-state index contributed by atoms with van der Waals surface area (Å²) in [5, 5.41) is 3.50. The van der Waals surface area contributed by atoms with Crippen molar-refractivity contribution in [3.05, 3.63) is 0 Å². The second kappa shape index (κ2) is 5.57. The summed E-state index contributed by atoms with van der Waals surface area (Å²) in [4.78, 5) is 14.9. The number of nitrogens with one attached hydrogen (secondary N) is 1. The van der Waals surface area contributed by atoms with E-state index in [1.54, 1.807) is 0 Å². The standard InChI is InChI=1S/C18H30N2O/c21-17(4-7-20-5-2-1-3-6-20)19-18-11-14-8-15(12-18)10-16(9-14)13-18/h14-16H,1-13H2,(H,19,21). The molecule has 3 nitrogen and oxygen atoms in total. The highest BCUT2D eigenvalue weighted by atomic mass is 16.1. The molecule has 3 heteroatoms. The molecule has 5 rings (SSSR count). The number of carbonyl (C=O) groups excluding carboxylic acids is 1. The smallest absolute Gasteiger partial charge is 0.221 e. The molecule has 1 heterocycles. The van der Waals surface area contributed by atoms with Crippen molar-refractivity contribution in [2.75, 3.05) is 19.6 Å². The Morgan fingerprint density at radius 1 is 0.952 bits per heavy atom. The summed E-state index contributed by atoms with van der Waals surface area (Å²) in [6.45, 7) is 3.37. The van der Waals surface area contributed by atoms with Gasteiger partial charge in [-0.25, -0.2) is 0 Å². The monoisotopic (exact) mass is 290 g/mol. The molecule has 21 heavy (non-hydrogen) atoms. The molecule has 1 amide bonds. The molecule has 0 aromatic heterocycles. The van der Waals surface area contributed by atoms with Gasteiger partial charge in [0.05, 0.1) is 0 Å². The van der Waals surface area contributed by atoms with Crippen LogP contribution in [0.15, 0.2) is 0 Å². The summed E-state index contributed by atoms with van der Waals surface area (Å²) < 4.78 is 0. The van der Waals surface area contributed by atoms with E-state index in [4.69, 9.17) is 0 Å². The van der Waals surface area contributed by atoms with Crippen molar-refractivity contribution in [2.45, 2.75) is 69.7 Å². The van der Waals surface area contributed by atoms with Crippen molar-refractivity contribution in [2.24, 2.45) is 17.8 Å². The van der Waals surface area contributed by atoms with E-state index in [2.05, 4.69) is 10.2 Å². The van der Waals surface area contributed by atoms with Gasteiger partial charge in [0.15, 0.2) is 0 Å². The fourth-order valence-corrected chi connectivity index (χ4v) is 6.06. The van der Waals surface area contributed by atoms with Crippen LogP contribution in [0.5, 0.6) is 0 Å². The number of likely N-dealkylation sites (tertiary alicyclic amines) is 1. The molecule has 5 aliphatic rings. The predicted molar refractivity (Wildman–Crippen MR) is 84.0 cm³/mol. The zero-order valence-corrected chi connectivity index (χ0v) is 13.3. The maximum Gasteiger partial charge on any atom is 0.221 e. The van der Waals surface area contributed by atoms with Gasteiger partial charge in [0.25, 0.3) is 0 Å². The van der Waals surface area contributed by atoms with Gasteiger partial charge in [-0.3, -0.25) is 4.79 Å². The lowest BCUT2D eigenvalue weighted by Crippen LogP contribution is -2.60. The minimum absolute atomic E-state index is 0.202. The average molecular weight is 290 g/mol. The van der Waals surface area contributed by atoms with Gasteiger partial charge < -0.3 is 10.2 Å². The van der Waals surface area contributed by atoms with Crippen molar-refractivity contribution in [3.63, 3.8) is 0 Å². The molecule has 0 atom stereocenters. The van der Waals surface area contributed by atoms with E-state index in [0.717, 1.165) is 24.3 Å². The second-order valence-electron chi connectivity index (χ2n) is 8.40. The Balaban J connectivity index is 1.30. The van der Waals surface area contributed by atoms with E-state index in [1.165, 1.54) is 70.9 Å². The van der Waals surface area contributed by atoms with Crippen LogP contribution in [0, 0.1) is 17.8 Å². The lowest BCUT2D eigenvalue weighted by atomic mass is 9.53. The topological polar surface area (TPSA) is 32.3 Å². The lowest BCUT2D eigenvalue weighted by Gasteiger charge is -2.57. The normalized spacial score (nSPS) is 42.2. The molecule has 1 aliphatic heterocycles. The van der Waals surface area contributed by atoms with E-state index in [9.17, 15) is 4.79 Å². The molecule has 0 unspecified atom stereocenters. The third kappa shape index (κ3) is 2.99. The van der Waals surface area contributed by atoms with Crippen LogP contribution in [0.3, 0.4) is 0 Å².